The van der Waals surface area contributed by atoms with Crippen molar-refractivity contribution in [2.45, 2.75) is 13.1 Å². The number of benzene rings is 1. The van der Waals surface area contributed by atoms with Crippen LogP contribution < -0.4 is 5.32 Å². The molecule has 104 valence electrons. The normalized spacial score (nSPS) is 10.4. The van der Waals surface area contributed by atoms with Gasteiger partial charge >= 0.3 is 5.97 Å². The third-order valence-corrected chi connectivity index (χ3v) is 2.73. The van der Waals surface area contributed by atoms with E-state index in [1.807, 2.05) is 0 Å². The Kier molecular flexibility index (Phi) is 4.11. The molecular weight excluding hydrogens is 264 g/mol. The summed E-state index contributed by atoms with van der Waals surface area (Å²) >= 11 is 0. The van der Waals surface area contributed by atoms with Crippen LogP contribution >= 0.6 is 0 Å². The summed E-state index contributed by atoms with van der Waals surface area (Å²) < 4.78 is 5.12. The average Bonchev–Trinajstić information content (AvgIpc) is 2.91. The minimum atomic E-state index is -1.31. The van der Waals surface area contributed by atoms with E-state index in [1.54, 1.807) is 18.2 Å². The molecule has 0 saturated carbocycles. The van der Waals surface area contributed by atoms with Gasteiger partial charge in [-0.25, -0.2) is 4.79 Å². The standard InChI is InChI=1S/C13H12N2O5/c16-13(17)12-9(3-1-5-11(12)15(18)19)7-14-8-10-4-2-6-20-10/h1-6,14H,7-8H2,(H,16,17). The van der Waals surface area contributed by atoms with Crippen molar-refractivity contribution in [3.05, 3.63) is 63.6 Å². The molecule has 2 aromatic rings. The number of nitro benzene ring substituents is 1. The summed E-state index contributed by atoms with van der Waals surface area (Å²) in [6.07, 6.45) is 1.53. The Morgan fingerprint density at radius 1 is 1.30 bits per heavy atom. The molecule has 0 unspecified atom stereocenters. The van der Waals surface area contributed by atoms with E-state index < -0.39 is 16.6 Å². The van der Waals surface area contributed by atoms with Crippen molar-refractivity contribution in [1.82, 2.24) is 5.32 Å². The van der Waals surface area contributed by atoms with E-state index in [-0.39, 0.29) is 12.1 Å². The number of furan rings is 1. The highest BCUT2D eigenvalue weighted by Gasteiger charge is 2.22. The predicted octanol–water partition coefficient (Wildman–Crippen LogP) is 2.18. The number of carboxylic acid groups (broad SMARTS) is 1. The summed E-state index contributed by atoms with van der Waals surface area (Å²) in [6, 6.07) is 7.71. The van der Waals surface area contributed by atoms with E-state index in [1.165, 1.54) is 18.4 Å². The molecule has 0 saturated heterocycles. The third kappa shape index (κ3) is 3.01. The lowest BCUT2D eigenvalue weighted by molar-refractivity contribution is -0.385. The lowest BCUT2D eigenvalue weighted by atomic mass is 10.1. The van der Waals surface area contributed by atoms with Gasteiger partial charge in [-0.15, -0.1) is 0 Å². The number of aromatic carboxylic acids is 1. The minimum Gasteiger partial charge on any atom is -0.477 e. The first-order valence-electron chi connectivity index (χ1n) is 5.82. The number of carboxylic acids is 1. The summed E-state index contributed by atoms with van der Waals surface area (Å²) in [6.45, 7) is 0.610. The maximum atomic E-state index is 11.2. The van der Waals surface area contributed by atoms with Gasteiger partial charge in [0.25, 0.3) is 5.69 Å². The van der Waals surface area contributed by atoms with Crippen molar-refractivity contribution in [3.63, 3.8) is 0 Å². The van der Waals surface area contributed by atoms with Crippen molar-refractivity contribution >= 4 is 11.7 Å². The number of carbonyl (C=O) groups is 1. The second-order valence-electron chi connectivity index (χ2n) is 4.06. The number of hydrogen-bond acceptors (Lipinski definition) is 5. The van der Waals surface area contributed by atoms with Crippen LogP contribution in [0.15, 0.2) is 41.0 Å². The number of nitrogens with one attached hydrogen (secondary N) is 1. The first-order valence-corrected chi connectivity index (χ1v) is 5.82. The van der Waals surface area contributed by atoms with Crippen LogP contribution in [0.4, 0.5) is 5.69 Å². The molecule has 0 radical (unpaired) electrons. The van der Waals surface area contributed by atoms with E-state index in [0.717, 1.165) is 0 Å². The Labute approximate surface area is 114 Å². The Hall–Kier alpha value is -2.67. The molecule has 1 aromatic carbocycles. The lowest BCUT2D eigenvalue weighted by Crippen LogP contribution is -2.16. The molecule has 1 aromatic heterocycles. The summed E-state index contributed by atoms with van der Waals surface area (Å²) in [5.74, 6) is -0.612. The molecule has 0 atom stereocenters. The van der Waals surface area contributed by atoms with E-state index in [4.69, 9.17) is 9.52 Å². The highest BCUT2D eigenvalue weighted by molar-refractivity contribution is 5.94. The molecular formula is C13H12N2O5. The zero-order valence-corrected chi connectivity index (χ0v) is 10.4. The van der Waals surface area contributed by atoms with Crippen LogP contribution in [0.5, 0.6) is 0 Å². The van der Waals surface area contributed by atoms with Gasteiger partial charge in [0.2, 0.25) is 0 Å². The van der Waals surface area contributed by atoms with Gasteiger partial charge in [0.05, 0.1) is 17.7 Å². The van der Waals surface area contributed by atoms with Crippen LogP contribution in [0.25, 0.3) is 0 Å². The van der Waals surface area contributed by atoms with Crippen molar-refractivity contribution in [1.29, 1.82) is 0 Å². The monoisotopic (exact) mass is 276 g/mol. The Balaban J connectivity index is 2.16. The molecule has 0 aliphatic heterocycles. The van der Waals surface area contributed by atoms with Crippen molar-refractivity contribution in [2.24, 2.45) is 0 Å². The lowest BCUT2D eigenvalue weighted by Gasteiger charge is -2.07. The van der Waals surface area contributed by atoms with Crippen molar-refractivity contribution in [3.8, 4) is 0 Å². The van der Waals surface area contributed by atoms with Gasteiger partial charge in [0.1, 0.15) is 11.3 Å². The molecule has 1 heterocycles. The molecule has 0 aliphatic rings. The van der Waals surface area contributed by atoms with Crippen LogP contribution in [-0.2, 0) is 13.1 Å². The molecule has 0 fully saturated rings. The van der Waals surface area contributed by atoms with Gasteiger partial charge in [-0.3, -0.25) is 10.1 Å². The fourth-order valence-corrected chi connectivity index (χ4v) is 1.87. The van der Waals surface area contributed by atoms with E-state index in [9.17, 15) is 14.9 Å². The van der Waals surface area contributed by atoms with Crippen LogP contribution in [-0.4, -0.2) is 16.0 Å². The highest BCUT2D eigenvalue weighted by Crippen LogP contribution is 2.22. The Morgan fingerprint density at radius 2 is 2.10 bits per heavy atom. The molecule has 7 heteroatoms. The SMILES string of the molecule is O=C(O)c1c(CNCc2ccco2)cccc1[N+](=O)[O-]. The largest absolute Gasteiger partial charge is 0.477 e. The molecule has 0 aliphatic carbocycles. The van der Waals surface area contributed by atoms with Crippen LogP contribution in [0, 0.1) is 10.1 Å². The Bertz CT molecular complexity index is 622. The van der Waals surface area contributed by atoms with Crippen molar-refractivity contribution < 1.29 is 19.2 Å². The van der Waals surface area contributed by atoms with Gasteiger partial charge in [-0.05, 0) is 17.7 Å². The van der Waals surface area contributed by atoms with E-state index >= 15 is 0 Å². The first kappa shape index (κ1) is 13.8. The van der Waals surface area contributed by atoms with E-state index in [2.05, 4.69) is 5.32 Å². The Morgan fingerprint density at radius 3 is 2.70 bits per heavy atom. The van der Waals surface area contributed by atoms with Crippen LogP contribution in [0.3, 0.4) is 0 Å². The topological polar surface area (TPSA) is 106 Å². The summed E-state index contributed by atoms with van der Waals surface area (Å²) in [4.78, 5) is 21.3. The summed E-state index contributed by atoms with van der Waals surface area (Å²) in [5, 5.41) is 23.0. The van der Waals surface area contributed by atoms with E-state index in [0.29, 0.717) is 17.9 Å². The molecule has 0 spiro atoms. The maximum Gasteiger partial charge on any atom is 0.343 e. The predicted molar refractivity (Wildman–Crippen MR) is 69.3 cm³/mol. The fraction of sp³-hybridized carbons (Fsp3) is 0.154. The molecule has 2 rings (SSSR count). The van der Waals surface area contributed by atoms with Gasteiger partial charge < -0.3 is 14.8 Å². The number of nitro groups is 1. The van der Waals surface area contributed by atoms with Crippen LogP contribution in [0.1, 0.15) is 21.7 Å². The quantitative estimate of drug-likeness (QED) is 0.618. The zero-order chi connectivity index (χ0) is 14.5. The van der Waals surface area contributed by atoms with Gasteiger partial charge in [0, 0.05) is 12.6 Å². The van der Waals surface area contributed by atoms with Gasteiger partial charge in [0.15, 0.2) is 0 Å². The second-order valence-corrected chi connectivity index (χ2v) is 4.06. The smallest absolute Gasteiger partial charge is 0.343 e. The van der Waals surface area contributed by atoms with Gasteiger partial charge in [-0.2, -0.15) is 0 Å². The first-order chi connectivity index (χ1) is 9.59. The highest BCUT2D eigenvalue weighted by atomic mass is 16.6. The molecule has 20 heavy (non-hydrogen) atoms. The minimum absolute atomic E-state index is 0.198. The van der Waals surface area contributed by atoms with Gasteiger partial charge in [-0.1, -0.05) is 12.1 Å². The zero-order valence-electron chi connectivity index (χ0n) is 10.4. The molecule has 0 amide bonds. The molecule has 7 nitrogen and oxygen atoms in total. The third-order valence-electron chi connectivity index (χ3n) is 2.73. The average molecular weight is 276 g/mol. The molecule has 0 bridgehead atoms. The number of hydrogen-bond donors (Lipinski definition) is 2. The number of rotatable bonds is 6. The number of nitrogens with zero attached hydrogens (tertiary/aromatic N) is 1. The fourth-order valence-electron chi connectivity index (χ4n) is 1.87. The molecule has 2 N–H and O–H groups in total. The second kappa shape index (κ2) is 5.98. The maximum absolute atomic E-state index is 11.2. The van der Waals surface area contributed by atoms with Crippen LogP contribution in [0.2, 0.25) is 0 Å². The summed E-state index contributed by atoms with van der Waals surface area (Å²) in [7, 11) is 0. The van der Waals surface area contributed by atoms with Crippen molar-refractivity contribution in [2.75, 3.05) is 0 Å². The summed E-state index contributed by atoms with van der Waals surface area (Å²) in [5.41, 5.74) is -0.336.